The average molecular weight is 365 g/mol. The predicted molar refractivity (Wildman–Crippen MR) is 94.6 cm³/mol. The number of aryl methyl sites for hydroxylation is 1. The Labute approximate surface area is 149 Å². The average Bonchev–Trinajstić information content (AvgIpc) is 2.56. The summed E-state index contributed by atoms with van der Waals surface area (Å²) in [4.78, 5) is 22.9. The van der Waals surface area contributed by atoms with Crippen molar-refractivity contribution in [2.45, 2.75) is 20.0 Å². The molecule has 0 aromatic heterocycles. The molecule has 1 N–H and O–H groups in total. The second-order valence-corrected chi connectivity index (χ2v) is 5.76. The number of amides is 1. The van der Waals surface area contributed by atoms with Gasteiger partial charge >= 0.3 is 5.69 Å². The van der Waals surface area contributed by atoms with Gasteiger partial charge in [0, 0.05) is 11.1 Å². The first-order valence-electron chi connectivity index (χ1n) is 7.38. The zero-order valence-corrected chi connectivity index (χ0v) is 14.7. The Morgan fingerprint density at radius 1 is 1.24 bits per heavy atom. The summed E-state index contributed by atoms with van der Waals surface area (Å²) in [6, 6.07) is 9.32. The van der Waals surface area contributed by atoms with E-state index in [4.69, 9.17) is 21.1 Å². The number of hydrogen-bond donors (Lipinski definition) is 1. The number of benzene rings is 2. The van der Waals surface area contributed by atoms with Gasteiger partial charge in [-0.15, -0.1) is 0 Å². The second-order valence-electron chi connectivity index (χ2n) is 5.32. The smallest absolute Gasteiger partial charge is 0.311 e. The standard InChI is InChI=1S/C17H17ClN2O5/c1-10-4-6-16(14(8-10)20(22)23)25-11(2)17(21)19-13-9-12(18)5-7-15(13)24-3/h4-9,11H,1-3H3,(H,19,21)/t11-/m1/s1. The molecule has 0 fully saturated rings. The van der Waals surface area contributed by atoms with E-state index in [2.05, 4.69) is 5.32 Å². The molecule has 0 aliphatic carbocycles. The molecule has 8 heteroatoms. The molecule has 0 unspecified atom stereocenters. The van der Waals surface area contributed by atoms with Gasteiger partial charge in [0.1, 0.15) is 5.75 Å². The molecule has 1 atom stereocenters. The molecule has 0 bridgehead atoms. The maximum atomic E-state index is 12.3. The molecular formula is C17H17ClN2O5. The van der Waals surface area contributed by atoms with Gasteiger partial charge in [-0.1, -0.05) is 17.7 Å². The molecule has 0 radical (unpaired) electrons. The summed E-state index contributed by atoms with van der Waals surface area (Å²) in [7, 11) is 1.47. The topological polar surface area (TPSA) is 90.7 Å². The van der Waals surface area contributed by atoms with E-state index in [1.165, 1.54) is 26.2 Å². The van der Waals surface area contributed by atoms with Crippen LogP contribution in [0.5, 0.6) is 11.5 Å². The van der Waals surface area contributed by atoms with E-state index in [-0.39, 0.29) is 11.4 Å². The molecule has 2 aromatic carbocycles. The fourth-order valence-electron chi connectivity index (χ4n) is 2.13. The van der Waals surface area contributed by atoms with Crippen LogP contribution in [-0.4, -0.2) is 24.0 Å². The number of ether oxygens (including phenoxy) is 2. The van der Waals surface area contributed by atoms with Gasteiger partial charge in [0.05, 0.1) is 17.7 Å². The van der Waals surface area contributed by atoms with Crippen molar-refractivity contribution >= 4 is 28.9 Å². The van der Waals surface area contributed by atoms with Crippen molar-refractivity contribution in [2.75, 3.05) is 12.4 Å². The lowest BCUT2D eigenvalue weighted by atomic mass is 10.2. The van der Waals surface area contributed by atoms with Crippen LogP contribution in [-0.2, 0) is 4.79 Å². The highest BCUT2D eigenvalue weighted by atomic mass is 35.5. The van der Waals surface area contributed by atoms with E-state index in [1.54, 1.807) is 31.2 Å². The molecule has 0 saturated heterocycles. The van der Waals surface area contributed by atoms with Gasteiger partial charge in [0.25, 0.3) is 5.91 Å². The van der Waals surface area contributed by atoms with Gasteiger partial charge in [-0.3, -0.25) is 14.9 Å². The number of nitrogens with zero attached hydrogens (tertiary/aromatic N) is 1. The number of halogens is 1. The molecule has 7 nitrogen and oxygen atoms in total. The van der Waals surface area contributed by atoms with Crippen molar-refractivity contribution < 1.29 is 19.2 Å². The number of nitrogens with one attached hydrogen (secondary N) is 1. The lowest BCUT2D eigenvalue weighted by Gasteiger charge is -2.16. The Morgan fingerprint density at radius 3 is 2.56 bits per heavy atom. The minimum absolute atomic E-state index is 0.0244. The Bertz CT molecular complexity index is 810. The van der Waals surface area contributed by atoms with Crippen molar-refractivity contribution in [1.29, 1.82) is 0 Å². The van der Waals surface area contributed by atoms with Crippen molar-refractivity contribution in [3.63, 3.8) is 0 Å². The minimum atomic E-state index is -0.968. The van der Waals surface area contributed by atoms with Gasteiger partial charge < -0.3 is 14.8 Å². The molecule has 1 amide bonds. The third kappa shape index (κ3) is 4.60. The zero-order valence-electron chi connectivity index (χ0n) is 13.9. The highest BCUT2D eigenvalue weighted by molar-refractivity contribution is 6.31. The van der Waals surface area contributed by atoms with E-state index in [1.807, 2.05) is 0 Å². The van der Waals surface area contributed by atoms with E-state index in [9.17, 15) is 14.9 Å². The fraction of sp³-hybridized carbons (Fsp3) is 0.235. The van der Waals surface area contributed by atoms with Gasteiger partial charge in [-0.2, -0.15) is 0 Å². The summed E-state index contributed by atoms with van der Waals surface area (Å²) in [5, 5.41) is 14.2. The Kier molecular flexibility index (Phi) is 5.82. The molecule has 0 saturated carbocycles. The first kappa shape index (κ1) is 18.5. The van der Waals surface area contributed by atoms with Crippen molar-refractivity contribution in [2.24, 2.45) is 0 Å². The SMILES string of the molecule is COc1ccc(Cl)cc1NC(=O)[C@@H](C)Oc1ccc(C)cc1[N+](=O)[O-]. The Morgan fingerprint density at radius 2 is 1.92 bits per heavy atom. The molecule has 0 spiro atoms. The maximum Gasteiger partial charge on any atom is 0.311 e. The molecule has 2 aromatic rings. The molecular weight excluding hydrogens is 348 g/mol. The molecule has 2 rings (SSSR count). The Hall–Kier alpha value is -2.80. The molecule has 132 valence electrons. The molecule has 25 heavy (non-hydrogen) atoms. The largest absolute Gasteiger partial charge is 0.495 e. The van der Waals surface area contributed by atoms with Crippen molar-refractivity contribution in [3.8, 4) is 11.5 Å². The monoisotopic (exact) mass is 364 g/mol. The van der Waals surface area contributed by atoms with Gasteiger partial charge in [0.2, 0.25) is 0 Å². The lowest BCUT2D eigenvalue weighted by Crippen LogP contribution is -2.30. The number of anilines is 1. The second kappa shape index (κ2) is 7.85. The van der Waals surface area contributed by atoms with Crippen LogP contribution in [0.25, 0.3) is 0 Å². The first-order valence-corrected chi connectivity index (χ1v) is 7.75. The number of methoxy groups -OCH3 is 1. The number of nitro groups is 1. The van der Waals surface area contributed by atoms with Crippen LogP contribution < -0.4 is 14.8 Å². The van der Waals surface area contributed by atoms with E-state index in [0.29, 0.717) is 16.5 Å². The summed E-state index contributed by atoms with van der Waals surface area (Å²) in [6.07, 6.45) is -0.968. The van der Waals surface area contributed by atoms with Gasteiger partial charge in [-0.05, 0) is 43.7 Å². The van der Waals surface area contributed by atoms with Crippen molar-refractivity contribution in [3.05, 3.63) is 57.1 Å². The van der Waals surface area contributed by atoms with Crippen molar-refractivity contribution in [1.82, 2.24) is 0 Å². The van der Waals surface area contributed by atoms with Crippen LogP contribution in [0, 0.1) is 17.0 Å². The fourth-order valence-corrected chi connectivity index (χ4v) is 2.30. The van der Waals surface area contributed by atoms with Gasteiger partial charge in [0.15, 0.2) is 11.9 Å². The predicted octanol–water partition coefficient (Wildman–Crippen LogP) is 3.97. The van der Waals surface area contributed by atoms with Crippen LogP contribution in [0.4, 0.5) is 11.4 Å². The van der Waals surface area contributed by atoms with Crippen LogP contribution in [0.1, 0.15) is 12.5 Å². The summed E-state index contributed by atoms with van der Waals surface area (Å²) in [5.41, 5.74) is 0.911. The molecule has 0 aliphatic heterocycles. The van der Waals surface area contributed by atoms with Crippen LogP contribution >= 0.6 is 11.6 Å². The number of carbonyl (C=O) groups excluding carboxylic acids is 1. The zero-order chi connectivity index (χ0) is 18.6. The third-order valence-corrected chi connectivity index (χ3v) is 3.64. The number of nitro benzene ring substituents is 1. The van der Waals surface area contributed by atoms with Crippen LogP contribution in [0.2, 0.25) is 5.02 Å². The quantitative estimate of drug-likeness (QED) is 0.618. The number of hydrogen-bond acceptors (Lipinski definition) is 5. The Balaban J connectivity index is 2.17. The van der Waals surface area contributed by atoms with E-state index in [0.717, 1.165) is 5.56 Å². The molecule has 0 heterocycles. The minimum Gasteiger partial charge on any atom is -0.495 e. The highest BCUT2D eigenvalue weighted by Crippen LogP contribution is 2.30. The van der Waals surface area contributed by atoms with Crippen LogP contribution in [0.3, 0.4) is 0 Å². The maximum absolute atomic E-state index is 12.3. The first-order chi connectivity index (χ1) is 11.8. The highest BCUT2D eigenvalue weighted by Gasteiger charge is 2.22. The summed E-state index contributed by atoms with van der Waals surface area (Å²) < 4.78 is 10.6. The molecule has 0 aliphatic rings. The third-order valence-electron chi connectivity index (χ3n) is 3.40. The van der Waals surface area contributed by atoms with Gasteiger partial charge in [-0.25, -0.2) is 0 Å². The summed E-state index contributed by atoms with van der Waals surface area (Å²) >= 11 is 5.92. The number of rotatable bonds is 6. The van der Waals surface area contributed by atoms with Crippen LogP contribution in [0.15, 0.2) is 36.4 Å². The normalized spacial score (nSPS) is 11.5. The summed E-state index contributed by atoms with van der Waals surface area (Å²) in [5.74, 6) is -0.0296. The van der Waals surface area contributed by atoms with E-state index >= 15 is 0 Å². The lowest BCUT2D eigenvalue weighted by molar-refractivity contribution is -0.386. The van der Waals surface area contributed by atoms with E-state index < -0.39 is 16.9 Å². The number of carbonyl (C=O) groups is 1. The summed E-state index contributed by atoms with van der Waals surface area (Å²) in [6.45, 7) is 3.23.